The normalized spacial score (nSPS) is 19.9. The van der Waals surface area contributed by atoms with E-state index in [9.17, 15) is 24.0 Å². The van der Waals surface area contributed by atoms with Gasteiger partial charge in [-0.25, -0.2) is 9.97 Å². The van der Waals surface area contributed by atoms with Gasteiger partial charge < -0.3 is 36.0 Å². The van der Waals surface area contributed by atoms with Crippen molar-refractivity contribution in [1.29, 1.82) is 0 Å². The van der Waals surface area contributed by atoms with Gasteiger partial charge in [-0.05, 0) is 99.5 Å². The van der Waals surface area contributed by atoms with Gasteiger partial charge in [-0.15, -0.1) is 10.2 Å². The van der Waals surface area contributed by atoms with Crippen LogP contribution >= 0.6 is 11.8 Å². The number of nitrogens with one attached hydrogen (secondary N) is 3. The van der Waals surface area contributed by atoms with Crippen molar-refractivity contribution in [2.24, 2.45) is 11.1 Å². The molecule has 352 valence electrons. The van der Waals surface area contributed by atoms with Crippen LogP contribution in [0.4, 0.5) is 17.3 Å². The number of likely N-dealkylation sites (tertiary alicyclic amines) is 1. The molecule has 2 aromatic heterocycles. The number of fused-ring (bicyclic) bond motifs is 1. The van der Waals surface area contributed by atoms with Crippen LogP contribution in [0.2, 0.25) is 0 Å². The van der Waals surface area contributed by atoms with Crippen LogP contribution in [0.3, 0.4) is 0 Å². The highest BCUT2D eigenvalue weighted by molar-refractivity contribution is 7.99. The monoisotopic (exact) mass is 928 g/mol. The third-order valence-electron chi connectivity index (χ3n) is 13.9. The summed E-state index contributed by atoms with van der Waals surface area (Å²) in [6, 6.07) is 16.2. The predicted molar refractivity (Wildman–Crippen MR) is 254 cm³/mol. The lowest BCUT2D eigenvalue weighted by Crippen LogP contribution is -2.57. The Labute approximate surface area is 395 Å². The molecule has 18 heteroatoms. The maximum Gasteiger partial charge on any atom is 0.272 e. The number of nitrogens with two attached hydrogens (primary N) is 1. The van der Waals surface area contributed by atoms with Gasteiger partial charge in [0.2, 0.25) is 17.7 Å². The number of benzene rings is 2. The second-order valence-electron chi connectivity index (χ2n) is 19.3. The van der Waals surface area contributed by atoms with Crippen LogP contribution in [0.5, 0.6) is 0 Å². The van der Waals surface area contributed by atoms with Crippen molar-refractivity contribution in [1.82, 2.24) is 40.6 Å². The molecule has 4 fully saturated rings. The number of imide groups is 1. The van der Waals surface area contributed by atoms with Crippen molar-refractivity contribution in [2.45, 2.75) is 112 Å². The minimum absolute atomic E-state index is 0.0396. The number of carbonyl (C=O) groups is 5. The second-order valence-corrected chi connectivity index (χ2v) is 20.4. The average molecular weight is 929 g/mol. The molecule has 4 saturated heterocycles. The number of piperidine rings is 2. The highest BCUT2D eigenvalue weighted by atomic mass is 32.2. The standard InChI is InChI=1S/C49H60N12O5S/c1-48(50)17-21-59(22-18-48)41-27-52-44(28-51-41)67-36-9-7-8-35(25-36)54-42(62)10-5-3-2-4-6-20-58-30-49(31-58)19-23-60(32-49)40-15-13-38(56-57-40)45(64)53-26-33-11-12-37-34(24-33)29-61(47(37)66)39-14-16-43(63)55-46(39)65/h7-9,11-13,15,24-25,27-28,39H,2-6,10,14,16-23,26,29-32,50H2,1H3,(H,53,64)(H,54,62)(H,55,63,65). The van der Waals surface area contributed by atoms with E-state index in [2.05, 4.69) is 57.7 Å². The molecule has 2 aromatic carbocycles. The Balaban J connectivity index is 0.624. The first-order valence-corrected chi connectivity index (χ1v) is 24.5. The number of anilines is 3. The Morgan fingerprint density at radius 3 is 2.45 bits per heavy atom. The molecular weight excluding hydrogens is 869 g/mol. The fraction of sp³-hybridized carbons (Fsp3) is 0.490. The molecule has 7 heterocycles. The molecule has 67 heavy (non-hydrogen) atoms. The molecule has 4 aromatic rings. The van der Waals surface area contributed by atoms with Gasteiger partial charge in [0.05, 0.1) is 12.4 Å². The fourth-order valence-electron chi connectivity index (χ4n) is 9.98. The maximum atomic E-state index is 13.0. The fourth-order valence-corrected chi connectivity index (χ4v) is 10.8. The molecule has 0 aliphatic carbocycles. The summed E-state index contributed by atoms with van der Waals surface area (Å²) in [6.07, 6.45) is 13.0. The largest absolute Gasteiger partial charge is 0.355 e. The highest BCUT2D eigenvalue weighted by Gasteiger charge is 2.47. The summed E-state index contributed by atoms with van der Waals surface area (Å²) in [5, 5.41) is 17.8. The SMILES string of the molecule is CC1(N)CCN(c2cnc(Sc3cccc(NC(=O)CCCCCCCN4CC5(CCN(c6ccc(C(=O)NCc7ccc8c(c7)CN(C7CCC(=O)NC7=O)C8=O)nn6)C5)C4)c3)cn2)CC1. The lowest BCUT2D eigenvalue weighted by Gasteiger charge is -2.48. The minimum Gasteiger partial charge on any atom is -0.355 e. The molecule has 5 N–H and O–H groups in total. The molecule has 0 radical (unpaired) electrons. The van der Waals surface area contributed by atoms with Gasteiger partial charge in [-0.2, -0.15) is 0 Å². The number of unbranched alkanes of at least 4 members (excludes halogenated alkanes) is 4. The topological polar surface area (TPSA) is 212 Å². The van der Waals surface area contributed by atoms with E-state index < -0.39 is 11.9 Å². The second kappa shape index (κ2) is 20.1. The van der Waals surface area contributed by atoms with Crippen molar-refractivity contribution in [2.75, 3.05) is 60.9 Å². The zero-order valence-corrected chi connectivity index (χ0v) is 39.0. The molecule has 0 saturated carbocycles. The quantitative estimate of drug-likeness (QED) is 0.0819. The summed E-state index contributed by atoms with van der Waals surface area (Å²) in [5.41, 5.74) is 9.60. The summed E-state index contributed by atoms with van der Waals surface area (Å²) >= 11 is 1.53. The Hall–Kier alpha value is -5.98. The van der Waals surface area contributed by atoms with Crippen molar-refractivity contribution >= 4 is 58.6 Å². The summed E-state index contributed by atoms with van der Waals surface area (Å²) in [6.45, 7) is 9.48. The summed E-state index contributed by atoms with van der Waals surface area (Å²) in [4.78, 5) is 81.6. The van der Waals surface area contributed by atoms with Gasteiger partial charge in [-0.3, -0.25) is 29.3 Å². The lowest BCUT2D eigenvalue weighted by atomic mass is 9.79. The van der Waals surface area contributed by atoms with Crippen molar-refractivity contribution in [3.8, 4) is 0 Å². The molecule has 1 unspecified atom stereocenters. The van der Waals surface area contributed by atoms with Crippen LogP contribution in [-0.2, 0) is 27.5 Å². The summed E-state index contributed by atoms with van der Waals surface area (Å²) in [7, 11) is 0. The highest BCUT2D eigenvalue weighted by Crippen LogP contribution is 2.41. The number of nitrogens with zero attached hydrogens (tertiary/aromatic N) is 8. The number of carbonyl (C=O) groups excluding carboxylic acids is 5. The number of hydrogen-bond acceptors (Lipinski definition) is 14. The van der Waals surface area contributed by atoms with E-state index in [1.54, 1.807) is 18.2 Å². The first kappa shape index (κ1) is 46.1. The van der Waals surface area contributed by atoms with E-state index in [1.807, 2.05) is 48.8 Å². The Morgan fingerprint density at radius 2 is 1.67 bits per heavy atom. The average Bonchev–Trinajstić information content (AvgIpc) is 3.90. The van der Waals surface area contributed by atoms with Gasteiger partial charge in [0.1, 0.15) is 16.9 Å². The number of hydrogen-bond donors (Lipinski definition) is 4. The van der Waals surface area contributed by atoms with E-state index in [4.69, 9.17) is 5.73 Å². The maximum absolute atomic E-state index is 13.0. The summed E-state index contributed by atoms with van der Waals surface area (Å²) < 4.78 is 0. The van der Waals surface area contributed by atoms with Crippen LogP contribution in [0, 0.1) is 5.41 Å². The van der Waals surface area contributed by atoms with E-state index >= 15 is 0 Å². The van der Waals surface area contributed by atoms with Gasteiger partial charge in [0.15, 0.2) is 11.5 Å². The molecule has 17 nitrogen and oxygen atoms in total. The van der Waals surface area contributed by atoms with Crippen molar-refractivity contribution < 1.29 is 24.0 Å². The summed E-state index contributed by atoms with van der Waals surface area (Å²) in [5.74, 6) is 0.363. The lowest BCUT2D eigenvalue weighted by molar-refractivity contribution is -0.137. The third-order valence-corrected chi connectivity index (χ3v) is 14.8. The van der Waals surface area contributed by atoms with Crippen LogP contribution in [0.15, 0.2) is 76.9 Å². The minimum atomic E-state index is -0.672. The van der Waals surface area contributed by atoms with Crippen molar-refractivity contribution in [3.63, 3.8) is 0 Å². The van der Waals surface area contributed by atoms with Gasteiger partial charge in [0, 0.05) is 92.3 Å². The van der Waals surface area contributed by atoms with Crippen LogP contribution < -0.4 is 31.5 Å². The smallest absolute Gasteiger partial charge is 0.272 e. The molecule has 1 spiro atoms. The number of rotatable bonds is 17. The molecular formula is C49H60N12O5S. The van der Waals surface area contributed by atoms with Crippen LogP contribution in [-0.4, -0.2) is 117 Å². The molecule has 5 aliphatic heterocycles. The number of amides is 5. The van der Waals surface area contributed by atoms with E-state index in [0.29, 0.717) is 18.4 Å². The van der Waals surface area contributed by atoms with Gasteiger partial charge in [-0.1, -0.05) is 49.2 Å². The van der Waals surface area contributed by atoms with Crippen LogP contribution in [0.25, 0.3) is 0 Å². The molecule has 5 amide bonds. The van der Waals surface area contributed by atoms with E-state index in [1.165, 1.54) is 16.7 Å². The zero-order chi connectivity index (χ0) is 46.5. The van der Waals surface area contributed by atoms with E-state index in [0.717, 1.165) is 136 Å². The predicted octanol–water partition coefficient (Wildman–Crippen LogP) is 4.92. The first-order chi connectivity index (χ1) is 32.4. The van der Waals surface area contributed by atoms with E-state index in [-0.39, 0.29) is 59.8 Å². The molecule has 1 atom stereocenters. The molecule has 5 aliphatic rings. The first-order valence-electron chi connectivity index (χ1n) is 23.7. The Morgan fingerprint density at radius 1 is 0.866 bits per heavy atom. The molecule has 0 bridgehead atoms. The van der Waals surface area contributed by atoms with Crippen molar-refractivity contribution in [3.05, 3.63) is 89.4 Å². The zero-order valence-electron chi connectivity index (χ0n) is 38.2. The Kier molecular flexibility index (Phi) is 13.8. The van der Waals surface area contributed by atoms with Gasteiger partial charge in [0.25, 0.3) is 11.8 Å². The molecule has 9 rings (SSSR count). The van der Waals surface area contributed by atoms with Gasteiger partial charge >= 0.3 is 0 Å². The Bertz CT molecular complexity index is 2470. The third kappa shape index (κ3) is 11.2. The van der Waals surface area contributed by atoms with Crippen LogP contribution in [0.1, 0.15) is 110 Å². The number of aromatic nitrogens is 4.